The molecule has 1 aliphatic rings. The molecule has 0 fully saturated rings. The highest BCUT2D eigenvalue weighted by Crippen LogP contribution is 2.51. The summed E-state index contributed by atoms with van der Waals surface area (Å²) in [5.41, 5.74) is 6.25. The van der Waals surface area contributed by atoms with Gasteiger partial charge in [-0.1, -0.05) is 60.1 Å². The van der Waals surface area contributed by atoms with Crippen LogP contribution in [-0.2, 0) is 4.65 Å². The molecule has 0 aliphatic heterocycles. The van der Waals surface area contributed by atoms with E-state index in [1.807, 2.05) is 26.0 Å². The van der Waals surface area contributed by atoms with Crippen molar-refractivity contribution in [2.45, 2.75) is 38.9 Å². The molecule has 0 atom stereocenters. The third kappa shape index (κ3) is 2.70. The second kappa shape index (κ2) is 6.47. The van der Waals surface area contributed by atoms with Crippen LogP contribution < -0.4 is 5.46 Å². The van der Waals surface area contributed by atoms with Gasteiger partial charge in [0.15, 0.2) is 0 Å². The van der Waals surface area contributed by atoms with Crippen molar-refractivity contribution in [2.75, 3.05) is 0 Å². The Balaban J connectivity index is 1.54. The van der Waals surface area contributed by atoms with E-state index in [-0.39, 0.29) is 0 Å². The topological polar surface area (TPSA) is 42.6 Å². The maximum Gasteiger partial charge on any atom is 0.309 e. The Morgan fingerprint density at radius 3 is 2.34 bits per heavy atom. The lowest BCUT2D eigenvalue weighted by Gasteiger charge is -2.37. The standard InChI is InChI=1S/C28H25BO3/c1-27(2,30)28(3,4)32-29-17-12-13-23-21(15-17)22-14-16-8-7-11-19-18-9-5-6-10-20(18)25(24(16)19)26(22)31-23/h5-15,29-30H,1-4H3. The van der Waals surface area contributed by atoms with Crippen molar-refractivity contribution in [3.8, 4) is 22.3 Å². The number of hydrogen-bond acceptors (Lipinski definition) is 3. The molecule has 1 aliphatic carbocycles. The predicted octanol–water partition coefficient (Wildman–Crippen LogP) is 5.93. The van der Waals surface area contributed by atoms with E-state index >= 15 is 0 Å². The molecule has 32 heavy (non-hydrogen) atoms. The molecule has 0 spiro atoms. The average molecular weight is 420 g/mol. The first-order valence-corrected chi connectivity index (χ1v) is 11.1. The lowest BCUT2D eigenvalue weighted by Crippen LogP contribution is -2.49. The van der Waals surface area contributed by atoms with E-state index in [1.54, 1.807) is 13.8 Å². The minimum absolute atomic E-state index is 0.424. The summed E-state index contributed by atoms with van der Waals surface area (Å²) >= 11 is 0. The summed E-state index contributed by atoms with van der Waals surface area (Å²) in [5, 5.41) is 15.1. The Labute approximate surface area is 187 Å². The van der Waals surface area contributed by atoms with E-state index in [4.69, 9.17) is 9.07 Å². The second-order valence-electron chi connectivity index (χ2n) is 9.87. The maximum atomic E-state index is 10.4. The summed E-state index contributed by atoms with van der Waals surface area (Å²) in [5.74, 6) is 0. The molecule has 0 saturated carbocycles. The van der Waals surface area contributed by atoms with Crippen LogP contribution in [-0.4, -0.2) is 23.8 Å². The fourth-order valence-electron chi connectivity index (χ4n) is 4.68. The molecule has 4 aromatic carbocycles. The predicted molar refractivity (Wildman–Crippen MR) is 134 cm³/mol. The van der Waals surface area contributed by atoms with Gasteiger partial charge in [-0.15, -0.1) is 0 Å². The summed E-state index contributed by atoms with van der Waals surface area (Å²) in [6, 6.07) is 23.6. The fourth-order valence-corrected chi connectivity index (χ4v) is 4.68. The maximum absolute atomic E-state index is 10.4. The Hall–Kier alpha value is -3.08. The van der Waals surface area contributed by atoms with Crippen LogP contribution >= 0.6 is 0 Å². The lowest BCUT2D eigenvalue weighted by atomic mass is 9.82. The first-order valence-electron chi connectivity index (χ1n) is 11.1. The van der Waals surface area contributed by atoms with Gasteiger partial charge in [0.1, 0.15) is 11.2 Å². The molecule has 6 rings (SSSR count). The molecule has 158 valence electrons. The van der Waals surface area contributed by atoms with Crippen molar-refractivity contribution in [3.63, 3.8) is 0 Å². The number of rotatable bonds is 4. The van der Waals surface area contributed by atoms with E-state index in [0.29, 0.717) is 7.48 Å². The monoisotopic (exact) mass is 420 g/mol. The van der Waals surface area contributed by atoms with Crippen LogP contribution in [0.2, 0.25) is 0 Å². The Bertz CT molecular complexity index is 1540. The van der Waals surface area contributed by atoms with Crippen molar-refractivity contribution in [3.05, 3.63) is 66.7 Å². The molecule has 0 bridgehead atoms. The van der Waals surface area contributed by atoms with Crippen LogP contribution in [0.15, 0.2) is 71.1 Å². The first kappa shape index (κ1) is 19.6. The van der Waals surface area contributed by atoms with Crippen molar-refractivity contribution in [1.29, 1.82) is 0 Å². The number of benzene rings is 4. The van der Waals surface area contributed by atoms with Crippen LogP contribution in [0.1, 0.15) is 27.7 Å². The smallest absolute Gasteiger partial charge is 0.309 e. The van der Waals surface area contributed by atoms with E-state index in [2.05, 4.69) is 54.6 Å². The van der Waals surface area contributed by atoms with E-state index < -0.39 is 11.2 Å². The largest absolute Gasteiger partial charge is 0.455 e. The molecular formula is C28H25BO3. The van der Waals surface area contributed by atoms with E-state index in [0.717, 1.165) is 27.4 Å². The zero-order valence-corrected chi connectivity index (χ0v) is 18.8. The van der Waals surface area contributed by atoms with Gasteiger partial charge in [-0.05, 0) is 61.9 Å². The molecular weight excluding hydrogens is 395 g/mol. The summed E-state index contributed by atoms with van der Waals surface area (Å²) in [7, 11) is 0.424. The Morgan fingerprint density at radius 1 is 0.812 bits per heavy atom. The van der Waals surface area contributed by atoms with E-state index in [1.165, 1.54) is 33.0 Å². The molecule has 3 nitrogen and oxygen atoms in total. The van der Waals surface area contributed by atoms with Crippen LogP contribution in [0.25, 0.3) is 55.0 Å². The van der Waals surface area contributed by atoms with Crippen LogP contribution in [0.5, 0.6) is 0 Å². The number of fused-ring (bicyclic) bond motifs is 7. The van der Waals surface area contributed by atoms with Crippen molar-refractivity contribution in [2.24, 2.45) is 0 Å². The van der Waals surface area contributed by atoms with Gasteiger partial charge in [0.05, 0.1) is 11.2 Å². The number of furan rings is 1. The second-order valence-corrected chi connectivity index (χ2v) is 9.87. The minimum atomic E-state index is -0.937. The average Bonchev–Trinajstić information content (AvgIpc) is 3.29. The third-order valence-electron chi connectivity index (χ3n) is 7.22. The van der Waals surface area contributed by atoms with Gasteiger partial charge in [0, 0.05) is 21.7 Å². The van der Waals surface area contributed by atoms with Crippen LogP contribution in [0, 0.1) is 0 Å². The lowest BCUT2D eigenvalue weighted by molar-refractivity contribution is -0.0893. The zero-order chi connectivity index (χ0) is 22.3. The molecule has 5 aromatic rings. The highest BCUT2D eigenvalue weighted by molar-refractivity contribution is 6.47. The molecule has 0 amide bonds. The minimum Gasteiger partial charge on any atom is -0.455 e. The molecule has 1 heterocycles. The fraction of sp³-hybridized carbons (Fsp3) is 0.214. The van der Waals surface area contributed by atoms with E-state index in [9.17, 15) is 5.11 Å². The van der Waals surface area contributed by atoms with Crippen LogP contribution in [0.3, 0.4) is 0 Å². The summed E-state index contributed by atoms with van der Waals surface area (Å²) in [4.78, 5) is 0. The zero-order valence-electron chi connectivity index (χ0n) is 18.8. The summed E-state index contributed by atoms with van der Waals surface area (Å²) in [6.45, 7) is 7.39. The number of aliphatic hydroxyl groups is 1. The van der Waals surface area contributed by atoms with Gasteiger partial charge in [-0.2, -0.15) is 0 Å². The molecule has 0 saturated heterocycles. The highest BCUT2D eigenvalue weighted by atomic mass is 16.5. The molecule has 1 aromatic heterocycles. The number of hydrogen-bond donors (Lipinski definition) is 1. The molecule has 4 heteroatoms. The van der Waals surface area contributed by atoms with Crippen molar-refractivity contribution >= 4 is 45.7 Å². The van der Waals surface area contributed by atoms with Crippen LogP contribution in [0.4, 0.5) is 0 Å². The normalized spacial score (nSPS) is 13.3. The Kier molecular flexibility index (Phi) is 3.96. The van der Waals surface area contributed by atoms with Gasteiger partial charge in [0.2, 0.25) is 0 Å². The molecule has 1 N–H and O–H groups in total. The molecule has 0 radical (unpaired) electrons. The highest BCUT2D eigenvalue weighted by Gasteiger charge is 2.35. The van der Waals surface area contributed by atoms with Gasteiger partial charge in [0.25, 0.3) is 0 Å². The third-order valence-corrected chi connectivity index (χ3v) is 7.22. The van der Waals surface area contributed by atoms with Gasteiger partial charge in [-0.3, -0.25) is 0 Å². The SMILES string of the molecule is CC(C)(O)C(C)(C)OBc1ccc2oc3c4c5c(cccc5cc3c2c1)-c1ccccc1-4. The quantitative estimate of drug-likeness (QED) is 0.360. The van der Waals surface area contributed by atoms with Crippen molar-refractivity contribution < 1.29 is 14.2 Å². The molecule has 0 unspecified atom stereocenters. The summed E-state index contributed by atoms with van der Waals surface area (Å²) in [6.07, 6.45) is 0. The summed E-state index contributed by atoms with van der Waals surface area (Å²) < 4.78 is 12.6. The van der Waals surface area contributed by atoms with Gasteiger partial charge < -0.3 is 14.2 Å². The van der Waals surface area contributed by atoms with Crippen molar-refractivity contribution in [1.82, 2.24) is 0 Å². The Morgan fingerprint density at radius 2 is 1.56 bits per heavy atom. The van der Waals surface area contributed by atoms with Gasteiger partial charge >= 0.3 is 7.48 Å². The first-order chi connectivity index (χ1) is 15.2. The van der Waals surface area contributed by atoms with Gasteiger partial charge in [-0.25, -0.2) is 0 Å².